The molecule has 0 aliphatic carbocycles. The lowest BCUT2D eigenvalue weighted by atomic mass is 9.91. The van der Waals surface area contributed by atoms with Gasteiger partial charge in [-0.25, -0.2) is 0 Å². The molecule has 1 saturated heterocycles. The molecule has 0 radical (unpaired) electrons. The molecule has 3 heteroatoms. The summed E-state index contributed by atoms with van der Waals surface area (Å²) in [6.45, 7) is 4.00. The quantitative estimate of drug-likeness (QED) is 0.800. The molecule has 1 atom stereocenters. The van der Waals surface area contributed by atoms with E-state index in [4.69, 9.17) is 4.74 Å². The van der Waals surface area contributed by atoms with Crippen LogP contribution >= 0.6 is 0 Å². The van der Waals surface area contributed by atoms with Crippen molar-refractivity contribution in [3.8, 4) is 11.8 Å². The Labute approximate surface area is 103 Å². The first-order valence-corrected chi connectivity index (χ1v) is 6.01. The third-order valence-electron chi connectivity index (χ3n) is 3.59. The average molecular weight is 230 g/mol. The zero-order valence-electron chi connectivity index (χ0n) is 10.4. The second kappa shape index (κ2) is 4.77. The second-order valence-electron chi connectivity index (χ2n) is 4.61. The van der Waals surface area contributed by atoms with Crippen LogP contribution in [0.4, 0.5) is 0 Å². The van der Waals surface area contributed by atoms with Gasteiger partial charge in [0.2, 0.25) is 0 Å². The molecule has 1 aliphatic heterocycles. The van der Waals surface area contributed by atoms with Crippen LogP contribution in [0.25, 0.3) is 0 Å². The Morgan fingerprint density at radius 1 is 1.35 bits per heavy atom. The smallest absolute Gasteiger partial charge is 0.132 e. The standard InChI is InChI=1S/C14H18N2O/c1-14(11-15,16-8-3-4-9-16)12-6-5-7-13(10-12)17-2/h5-7,10H,3-4,8-9H2,1-2H3. The van der Waals surface area contributed by atoms with Crippen LogP contribution in [0.1, 0.15) is 25.3 Å². The van der Waals surface area contributed by atoms with Crippen LogP contribution in [0.3, 0.4) is 0 Å². The lowest BCUT2D eigenvalue weighted by molar-refractivity contribution is 0.193. The molecule has 1 fully saturated rings. The lowest BCUT2D eigenvalue weighted by Gasteiger charge is -2.33. The van der Waals surface area contributed by atoms with Gasteiger partial charge in [0.25, 0.3) is 0 Å². The summed E-state index contributed by atoms with van der Waals surface area (Å²) in [6, 6.07) is 10.3. The van der Waals surface area contributed by atoms with Crippen LogP contribution in [-0.4, -0.2) is 25.1 Å². The number of nitrogens with zero attached hydrogens (tertiary/aromatic N) is 2. The largest absolute Gasteiger partial charge is 0.497 e. The third-order valence-corrected chi connectivity index (χ3v) is 3.59. The van der Waals surface area contributed by atoms with Crippen molar-refractivity contribution in [1.29, 1.82) is 5.26 Å². The maximum absolute atomic E-state index is 9.53. The Balaban J connectivity index is 2.36. The van der Waals surface area contributed by atoms with Crippen LogP contribution in [0.2, 0.25) is 0 Å². The van der Waals surface area contributed by atoms with Crippen molar-refractivity contribution >= 4 is 0 Å². The van der Waals surface area contributed by atoms with E-state index in [9.17, 15) is 5.26 Å². The van der Waals surface area contributed by atoms with Crippen LogP contribution in [-0.2, 0) is 5.54 Å². The zero-order chi connectivity index (χ0) is 12.3. The van der Waals surface area contributed by atoms with Crippen molar-refractivity contribution in [2.24, 2.45) is 0 Å². The number of hydrogen-bond donors (Lipinski definition) is 0. The Morgan fingerprint density at radius 3 is 2.65 bits per heavy atom. The van der Waals surface area contributed by atoms with Crippen LogP contribution in [0.15, 0.2) is 24.3 Å². The molecule has 0 N–H and O–H groups in total. The van der Waals surface area contributed by atoms with Gasteiger partial charge in [-0.15, -0.1) is 0 Å². The van der Waals surface area contributed by atoms with Gasteiger partial charge >= 0.3 is 0 Å². The van der Waals surface area contributed by atoms with Crippen LogP contribution < -0.4 is 4.74 Å². The van der Waals surface area contributed by atoms with Gasteiger partial charge in [0, 0.05) is 0 Å². The van der Waals surface area contributed by atoms with E-state index in [2.05, 4.69) is 11.0 Å². The summed E-state index contributed by atoms with van der Waals surface area (Å²) < 4.78 is 5.23. The summed E-state index contributed by atoms with van der Waals surface area (Å²) >= 11 is 0. The first kappa shape index (κ1) is 11.9. The van der Waals surface area contributed by atoms with E-state index in [0.29, 0.717) is 0 Å². The molecule has 1 heterocycles. The third kappa shape index (κ3) is 2.13. The maximum Gasteiger partial charge on any atom is 0.132 e. The van der Waals surface area contributed by atoms with Gasteiger partial charge in [0.1, 0.15) is 11.3 Å². The van der Waals surface area contributed by atoms with E-state index >= 15 is 0 Å². The summed E-state index contributed by atoms with van der Waals surface area (Å²) in [5, 5.41) is 9.53. The van der Waals surface area contributed by atoms with Crippen molar-refractivity contribution in [3.05, 3.63) is 29.8 Å². The number of ether oxygens (including phenoxy) is 1. The van der Waals surface area contributed by atoms with Gasteiger partial charge < -0.3 is 4.74 Å². The molecule has 90 valence electrons. The van der Waals surface area contributed by atoms with Crippen molar-refractivity contribution in [3.63, 3.8) is 0 Å². The van der Waals surface area contributed by atoms with E-state index < -0.39 is 5.54 Å². The summed E-state index contributed by atoms with van der Waals surface area (Å²) in [6.07, 6.45) is 2.36. The van der Waals surface area contributed by atoms with Crippen molar-refractivity contribution in [1.82, 2.24) is 4.90 Å². The highest BCUT2D eigenvalue weighted by atomic mass is 16.5. The molecule has 1 aromatic rings. The number of hydrogen-bond acceptors (Lipinski definition) is 3. The summed E-state index contributed by atoms with van der Waals surface area (Å²) in [5.41, 5.74) is 0.478. The van der Waals surface area contributed by atoms with Gasteiger partial charge in [-0.3, -0.25) is 4.90 Å². The fourth-order valence-corrected chi connectivity index (χ4v) is 2.41. The summed E-state index contributed by atoms with van der Waals surface area (Å²) in [4.78, 5) is 2.25. The number of likely N-dealkylation sites (tertiary alicyclic amines) is 1. The SMILES string of the molecule is COc1cccc(C(C)(C#N)N2CCCC2)c1. The molecule has 1 aliphatic rings. The molecule has 1 unspecified atom stereocenters. The first-order valence-electron chi connectivity index (χ1n) is 6.01. The molecule has 0 aromatic heterocycles. The Hall–Kier alpha value is -1.53. The first-order chi connectivity index (χ1) is 8.20. The van der Waals surface area contributed by atoms with Gasteiger partial charge in [0.05, 0.1) is 13.2 Å². The molecule has 0 bridgehead atoms. The van der Waals surface area contributed by atoms with E-state index in [1.54, 1.807) is 7.11 Å². The molecule has 2 rings (SSSR count). The highest BCUT2D eigenvalue weighted by molar-refractivity contribution is 5.37. The predicted molar refractivity (Wildman–Crippen MR) is 66.8 cm³/mol. The minimum absolute atomic E-state index is 0.537. The number of benzene rings is 1. The normalized spacial score (nSPS) is 19.6. The zero-order valence-corrected chi connectivity index (χ0v) is 10.4. The molecule has 0 spiro atoms. The van der Waals surface area contributed by atoms with Crippen LogP contribution in [0.5, 0.6) is 5.75 Å². The van der Waals surface area contributed by atoms with Crippen LogP contribution in [0, 0.1) is 11.3 Å². The Bertz CT molecular complexity index is 432. The average Bonchev–Trinajstić information content (AvgIpc) is 2.92. The highest BCUT2D eigenvalue weighted by Gasteiger charge is 2.35. The molecule has 0 saturated carbocycles. The Morgan fingerprint density at radius 2 is 2.06 bits per heavy atom. The molecular weight excluding hydrogens is 212 g/mol. The topological polar surface area (TPSA) is 36.3 Å². The van der Waals surface area contributed by atoms with Crippen molar-refractivity contribution in [2.45, 2.75) is 25.3 Å². The fraction of sp³-hybridized carbons (Fsp3) is 0.500. The highest BCUT2D eigenvalue weighted by Crippen LogP contribution is 2.32. The number of methoxy groups -OCH3 is 1. The number of nitriles is 1. The molecule has 1 aromatic carbocycles. The van der Waals surface area contributed by atoms with Gasteiger partial charge in [-0.05, 0) is 50.6 Å². The molecule has 3 nitrogen and oxygen atoms in total. The lowest BCUT2D eigenvalue weighted by Crippen LogP contribution is -2.40. The summed E-state index contributed by atoms with van der Waals surface area (Å²) in [7, 11) is 1.65. The predicted octanol–water partition coefficient (Wildman–Crippen LogP) is 2.53. The van der Waals surface area contributed by atoms with Gasteiger partial charge in [0.15, 0.2) is 0 Å². The monoisotopic (exact) mass is 230 g/mol. The fourth-order valence-electron chi connectivity index (χ4n) is 2.41. The van der Waals surface area contributed by atoms with E-state index in [1.165, 1.54) is 12.8 Å². The van der Waals surface area contributed by atoms with E-state index in [1.807, 2.05) is 31.2 Å². The van der Waals surface area contributed by atoms with E-state index in [-0.39, 0.29) is 0 Å². The molecular formula is C14H18N2O. The maximum atomic E-state index is 9.53. The van der Waals surface area contributed by atoms with Gasteiger partial charge in [-0.2, -0.15) is 5.26 Å². The number of rotatable bonds is 3. The van der Waals surface area contributed by atoms with Gasteiger partial charge in [-0.1, -0.05) is 12.1 Å². The molecule has 17 heavy (non-hydrogen) atoms. The van der Waals surface area contributed by atoms with Crippen molar-refractivity contribution in [2.75, 3.05) is 20.2 Å². The van der Waals surface area contributed by atoms with Crippen molar-refractivity contribution < 1.29 is 4.74 Å². The minimum atomic E-state index is -0.537. The minimum Gasteiger partial charge on any atom is -0.497 e. The summed E-state index contributed by atoms with van der Waals surface area (Å²) in [5.74, 6) is 0.808. The van der Waals surface area contributed by atoms with E-state index in [0.717, 1.165) is 24.4 Å². The second-order valence-corrected chi connectivity index (χ2v) is 4.61. The Kier molecular flexibility index (Phi) is 3.35. The molecule has 0 amide bonds.